The maximum absolute atomic E-state index is 11.9. The lowest BCUT2D eigenvalue weighted by Crippen LogP contribution is -2.13. The molecule has 1 nitrogen and oxygen atoms in total. The third-order valence-electron chi connectivity index (χ3n) is 2.28. The minimum absolute atomic E-state index is 0.109. The van der Waals surface area contributed by atoms with E-state index in [0.717, 1.165) is 16.7 Å². The molecule has 0 spiro atoms. The minimum Gasteiger partial charge on any atom is -0.293 e. The molecule has 1 aromatic rings. The molecule has 14 heavy (non-hydrogen) atoms. The van der Waals surface area contributed by atoms with Crippen molar-refractivity contribution in [3.63, 3.8) is 0 Å². The van der Waals surface area contributed by atoms with Gasteiger partial charge >= 0.3 is 0 Å². The molecule has 0 aliphatic carbocycles. The zero-order valence-electron chi connectivity index (χ0n) is 9.02. The molecule has 0 aliphatic heterocycles. The molecule has 0 amide bonds. The normalized spacial score (nSPS) is 12.6. The number of ketones is 1. The molecule has 0 fully saturated rings. The Labute approximate surface area is 93.7 Å². The van der Waals surface area contributed by atoms with Crippen LogP contribution in [0.15, 0.2) is 12.1 Å². The summed E-state index contributed by atoms with van der Waals surface area (Å²) in [6.45, 7) is 7.89. The van der Waals surface area contributed by atoms with Crippen molar-refractivity contribution in [2.75, 3.05) is 0 Å². The molecule has 0 N–H and O–H groups in total. The molecule has 0 saturated carbocycles. The SMILES string of the molecule is Cc1cc(C)c(C(=O)C(C)Br)c(C)c1. The fraction of sp³-hybridized carbons (Fsp3) is 0.417. The summed E-state index contributed by atoms with van der Waals surface area (Å²) in [5.41, 5.74) is 4.20. The lowest BCUT2D eigenvalue weighted by atomic mass is 9.95. The van der Waals surface area contributed by atoms with E-state index in [1.165, 1.54) is 5.56 Å². The number of hydrogen-bond acceptors (Lipinski definition) is 1. The van der Waals surface area contributed by atoms with Gasteiger partial charge in [0.15, 0.2) is 5.78 Å². The summed E-state index contributed by atoms with van der Waals surface area (Å²) in [5.74, 6) is 0.167. The maximum Gasteiger partial charge on any atom is 0.176 e. The summed E-state index contributed by atoms with van der Waals surface area (Å²) < 4.78 is 0. The smallest absolute Gasteiger partial charge is 0.176 e. The Morgan fingerprint density at radius 2 is 1.64 bits per heavy atom. The Kier molecular flexibility index (Phi) is 3.48. The molecule has 2 heteroatoms. The lowest BCUT2D eigenvalue weighted by Gasteiger charge is -2.11. The monoisotopic (exact) mass is 254 g/mol. The number of alkyl halides is 1. The van der Waals surface area contributed by atoms with Crippen molar-refractivity contribution in [1.82, 2.24) is 0 Å². The summed E-state index contributed by atoms with van der Waals surface area (Å²) >= 11 is 3.31. The molecule has 0 saturated heterocycles. The van der Waals surface area contributed by atoms with Gasteiger partial charge in [0, 0.05) is 5.56 Å². The first-order chi connectivity index (χ1) is 6.43. The highest BCUT2D eigenvalue weighted by atomic mass is 79.9. The van der Waals surface area contributed by atoms with Crippen molar-refractivity contribution >= 4 is 21.7 Å². The van der Waals surface area contributed by atoms with Gasteiger partial charge in [-0.3, -0.25) is 4.79 Å². The van der Waals surface area contributed by atoms with Gasteiger partial charge in [-0.1, -0.05) is 33.6 Å². The molecule has 1 aromatic carbocycles. The van der Waals surface area contributed by atoms with Gasteiger partial charge in [0.05, 0.1) is 4.83 Å². The molecule has 0 radical (unpaired) electrons. The summed E-state index contributed by atoms with van der Waals surface area (Å²) in [6.07, 6.45) is 0. The molecule has 1 rings (SSSR count). The minimum atomic E-state index is -0.109. The lowest BCUT2D eigenvalue weighted by molar-refractivity contribution is 0.0994. The largest absolute Gasteiger partial charge is 0.293 e. The molecule has 0 aliphatic rings. The van der Waals surface area contributed by atoms with Crippen molar-refractivity contribution in [2.24, 2.45) is 0 Å². The van der Waals surface area contributed by atoms with Gasteiger partial charge in [-0.25, -0.2) is 0 Å². The standard InChI is InChI=1S/C12H15BrO/c1-7-5-8(2)11(9(3)6-7)12(14)10(4)13/h5-6,10H,1-4H3. The van der Waals surface area contributed by atoms with Crippen LogP contribution in [0.5, 0.6) is 0 Å². The van der Waals surface area contributed by atoms with Gasteiger partial charge in [0.25, 0.3) is 0 Å². The number of benzene rings is 1. The maximum atomic E-state index is 11.9. The van der Waals surface area contributed by atoms with Gasteiger partial charge in [-0.2, -0.15) is 0 Å². The Balaban J connectivity index is 3.28. The number of rotatable bonds is 2. The predicted molar refractivity (Wildman–Crippen MR) is 63.4 cm³/mol. The van der Waals surface area contributed by atoms with E-state index in [0.29, 0.717) is 0 Å². The van der Waals surface area contributed by atoms with Crippen LogP contribution in [0.1, 0.15) is 34.0 Å². The van der Waals surface area contributed by atoms with Crippen LogP contribution in [-0.4, -0.2) is 10.6 Å². The second-order valence-corrected chi connectivity index (χ2v) is 5.13. The summed E-state index contributed by atoms with van der Waals surface area (Å²) in [5, 5.41) is 0. The highest BCUT2D eigenvalue weighted by Gasteiger charge is 2.16. The van der Waals surface area contributed by atoms with Crippen LogP contribution in [0.4, 0.5) is 0 Å². The van der Waals surface area contributed by atoms with Crippen LogP contribution in [0, 0.1) is 20.8 Å². The number of halogens is 1. The Morgan fingerprint density at radius 3 is 2.00 bits per heavy atom. The van der Waals surface area contributed by atoms with Gasteiger partial charge in [-0.05, 0) is 38.8 Å². The first-order valence-electron chi connectivity index (χ1n) is 4.69. The molecule has 0 aromatic heterocycles. The summed E-state index contributed by atoms with van der Waals surface area (Å²) in [7, 11) is 0. The Morgan fingerprint density at radius 1 is 1.21 bits per heavy atom. The van der Waals surface area contributed by atoms with Crippen LogP contribution in [0.2, 0.25) is 0 Å². The summed E-state index contributed by atoms with van der Waals surface area (Å²) in [6, 6.07) is 4.10. The first kappa shape index (κ1) is 11.4. The second-order valence-electron chi connectivity index (χ2n) is 3.75. The zero-order valence-corrected chi connectivity index (χ0v) is 10.6. The molecule has 1 atom stereocenters. The van der Waals surface area contributed by atoms with E-state index in [9.17, 15) is 4.79 Å². The van der Waals surface area contributed by atoms with E-state index >= 15 is 0 Å². The van der Waals surface area contributed by atoms with Crippen LogP contribution in [0.25, 0.3) is 0 Å². The van der Waals surface area contributed by atoms with Crippen molar-refractivity contribution < 1.29 is 4.79 Å². The van der Waals surface area contributed by atoms with E-state index in [1.54, 1.807) is 0 Å². The van der Waals surface area contributed by atoms with E-state index in [1.807, 2.05) is 27.7 Å². The predicted octanol–water partition coefficient (Wildman–Crippen LogP) is 3.58. The first-order valence-corrected chi connectivity index (χ1v) is 5.61. The zero-order chi connectivity index (χ0) is 10.9. The van der Waals surface area contributed by atoms with Crippen LogP contribution >= 0.6 is 15.9 Å². The highest BCUT2D eigenvalue weighted by Crippen LogP contribution is 2.20. The van der Waals surface area contributed by atoms with Gasteiger partial charge < -0.3 is 0 Å². The van der Waals surface area contributed by atoms with Gasteiger partial charge in [0.2, 0.25) is 0 Å². The number of carbonyl (C=O) groups excluding carboxylic acids is 1. The summed E-state index contributed by atoms with van der Waals surface area (Å²) in [4.78, 5) is 11.7. The molecular weight excluding hydrogens is 240 g/mol. The quantitative estimate of drug-likeness (QED) is 0.583. The van der Waals surface area contributed by atoms with Gasteiger partial charge in [-0.15, -0.1) is 0 Å². The molecular formula is C12H15BrO. The van der Waals surface area contributed by atoms with E-state index in [-0.39, 0.29) is 10.6 Å². The third kappa shape index (κ3) is 2.24. The van der Waals surface area contributed by atoms with E-state index in [2.05, 4.69) is 28.1 Å². The van der Waals surface area contributed by atoms with E-state index < -0.39 is 0 Å². The molecule has 0 heterocycles. The fourth-order valence-corrected chi connectivity index (χ4v) is 2.00. The fourth-order valence-electron chi connectivity index (χ4n) is 1.77. The van der Waals surface area contributed by atoms with Crippen molar-refractivity contribution in [3.05, 3.63) is 34.4 Å². The Bertz CT molecular complexity index is 344. The molecule has 0 bridgehead atoms. The van der Waals surface area contributed by atoms with Crippen molar-refractivity contribution in [1.29, 1.82) is 0 Å². The van der Waals surface area contributed by atoms with Crippen molar-refractivity contribution in [3.8, 4) is 0 Å². The van der Waals surface area contributed by atoms with Crippen LogP contribution < -0.4 is 0 Å². The molecule has 1 unspecified atom stereocenters. The number of aryl methyl sites for hydroxylation is 3. The van der Waals surface area contributed by atoms with E-state index in [4.69, 9.17) is 0 Å². The Hall–Kier alpha value is -0.630. The average molecular weight is 255 g/mol. The topological polar surface area (TPSA) is 17.1 Å². The molecule has 76 valence electrons. The number of hydrogen-bond donors (Lipinski definition) is 0. The number of Topliss-reactive ketones (excluding diaryl/α,β-unsaturated/α-hetero) is 1. The third-order valence-corrected chi connectivity index (χ3v) is 2.70. The number of carbonyl (C=O) groups is 1. The van der Waals surface area contributed by atoms with Gasteiger partial charge in [0.1, 0.15) is 0 Å². The highest BCUT2D eigenvalue weighted by molar-refractivity contribution is 9.10. The van der Waals surface area contributed by atoms with Crippen molar-refractivity contribution in [2.45, 2.75) is 32.5 Å². The van der Waals surface area contributed by atoms with Crippen LogP contribution in [0.3, 0.4) is 0 Å². The second kappa shape index (κ2) is 4.26. The van der Waals surface area contributed by atoms with Crippen LogP contribution in [-0.2, 0) is 0 Å². The average Bonchev–Trinajstić information content (AvgIpc) is 2.01.